The topological polar surface area (TPSA) is 131 Å². The third-order valence-electron chi connectivity index (χ3n) is 4.31. The van der Waals surface area contributed by atoms with Crippen LogP contribution in [-0.2, 0) is 14.3 Å². The molecule has 0 unspecified atom stereocenters. The number of nitrogens with zero attached hydrogens (tertiary/aromatic N) is 2. The van der Waals surface area contributed by atoms with Gasteiger partial charge in [0.25, 0.3) is 11.6 Å². The fourth-order valence-corrected chi connectivity index (χ4v) is 2.92. The standard InChI is InChI=1S/C18H24N4O6/c1-3-19-17(24)12(2)20-16(23)11-28-18(25)14-10-13(22(26)27)6-7-15(14)21-8-4-5-9-21/h6-7,10,12H,3-5,8-9,11H2,1-2H3,(H,19,24)(H,20,23)/t12-/m1/s1. The summed E-state index contributed by atoms with van der Waals surface area (Å²) in [6, 6.07) is 3.25. The van der Waals surface area contributed by atoms with Crippen molar-refractivity contribution in [2.75, 3.05) is 31.1 Å². The molecule has 1 aromatic rings. The van der Waals surface area contributed by atoms with E-state index in [2.05, 4.69) is 10.6 Å². The Morgan fingerprint density at radius 2 is 1.96 bits per heavy atom. The monoisotopic (exact) mass is 392 g/mol. The van der Waals surface area contributed by atoms with Crippen LogP contribution in [0.15, 0.2) is 18.2 Å². The zero-order valence-corrected chi connectivity index (χ0v) is 15.9. The molecule has 10 heteroatoms. The van der Waals surface area contributed by atoms with Crippen molar-refractivity contribution in [2.45, 2.75) is 32.7 Å². The summed E-state index contributed by atoms with van der Waals surface area (Å²) in [5, 5.41) is 16.0. The number of esters is 1. The smallest absolute Gasteiger partial charge is 0.341 e. The molecular weight excluding hydrogens is 368 g/mol. The summed E-state index contributed by atoms with van der Waals surface area (Å²) < 4.78 is 5.03. The molecule has 1 saturated heterocycles. The summed E-state index contributed by atoms with van der Waals surface area (Å²) in [7, 11) is 0. The minimum atomic E-state index is -0.827. The van der Waals surface area contributed by atoms with Crippen LogP contribution in [0.3, 0.4) is 0 Å². The van der Waals surface area contributed by atoms with Crippen molar-refractivity contribution < 1.29 is 24.0 Å². The number of rotatable bonds is 8. The number of hydrogen-bond donors (Lipinski definition) is 2. The maximum Gasteiger partial charge on any atom is 0.341 e. The predicted octanol–water partition coefficient (Wildman–Crippen LogP) is 0.993. The molecule has 0 radical (unpaired) electrons. The van der Waals surface area contributed by atoms with Crippen LogP contribution in [-0.4, -0.2) is 55.0 Å². The number of likely N-dealkylation sites (N-methyl/N-ethyl adjacent to an activating group) is 1. The van der Waals surface area contributed by atoms with Gasteiger partial charge in [-0.2, -0.15) is 0 Å². The second-order valence-electron chi connectivity index (χ2n) is 6.41. The van der Waals surface area contributed by atoms with Gasteiger partial charge >= 0.3 is 5.97 Å². The highest BCUT2D eigenvalue weighted by Crippen LogP contribution is 2.28. The SMILES string of the molecule is CCNC(=O)[C@@H](C)NC(=O)COC(=O)c1cc([N+](=O)[O-])ccc1N1CCCC1. The highest BCUT2D eigenvalue weighted by Gasteiger charge is 2.24. The normalized spacial score (nSPS) is 14.3. The van der Waals surface area contributed by atoms with E-state index in [0.717, 1.165) is 32.0 Å². The zero-order valence-electron chi connectivity index (χ0n) is 15.9. The van der Waals surface area contributed by atoms with E-state index in [1.165, 1.54) is 19.1 Å². The number of non-ortho nitro benzene ring substituents is 1. The molecule has 0 saturated carbocycles. The van der Waals surface area contributed by atoms with E-state index in [1.54, 1.807) is 6.92 Å². The lowest BCUT2D eigenvalue weighted by Gasteiger charge is -2.20. The molecule has 2 amide bonds. The fourth-order valence-electron chi connectivity index (χ4n) is 2.92. The van der Waals surface area contributed by atoms with Crippen LogP contribution in [0.4, 0.5) is 11.4 Å². The molecular formula is C18H24N4O6. The molecule has 0 spiro atoms. The van der Waals surface area contributed by atoms with Gasteiger partial charge in [-0.1, -0.05) is 0 Å². The Kier molecular flexibility index (Phi) is 7.30. The van der Waals surface area contributed by atoms with Gasteiger partial charge < -0.3 is 20.3 Å². The van der Waals surface area contributed by atoms with Gasteiger partial charge in [-0.15, -0.1) is 0 Å². The number of hydrogen-bond acceptors (Lipinski definition) is 7. The molecule has 0 bridgehead atoms. The lowest BCUT2D eigenvalue weighted by Crippen LogP contribution is -2.46. The second kappa shape index (κ2) is 9.67. The Morgan fingerprint density at radius 3 is 2.57 bits per heavy atom. The van der Waals surface area contributed by atoms with Crippen LogP contribution < -0.4 is 15.5 Å². The van der Waals surface area contributed by atoms with Crippen LogP contribution in [0.25, 0.3) is 0 Å². The van der Waals surface area contributed by atoms with Crippen molar-refractivity contribution in [1.82, 2.24) is 10.6 Å². The summed E-state index contributed by atoms with van der Waals surface area (Å²) >= 11 is 0. The van der Waals surface area contributed by atoms with E-state index in [1.807, 2.05) is 4.90 Å². The Morgan fingerprint density at radius 1 is 1.29 bits per heavy atom. The maximum atomic E-state index is 12.5. The lowest BCUT2D eigenvalue weighted by atomic mass is 10.1. The molecule has 1 atom stereocenters. The number of carbonyl (C=O) groups is 3. The summed E-state index contributed by atoms with van der Waals surface area (Å²) in [6.45, 7) is 4.58. The number of anilines is 1. The Balaban J connectivity index is 2.06. The van der Waals surface area contributed by atoms with Crippen LogP contribution in [0.1, 0.15) is 37.0 Å². The van der Waals surface area contributed by atoms with E-state index < -0.39 is 29.4 Å². The van der Waals surface area contributed by atoms with Crippen molar-refractivity contribution in [1.29, 1.82) is 0 Å². The first kappa shape index (κ1) is 21.1. The predicted molar refractivity (Wildman–Crippen MR) is 101 cm³/mol. The minimum Gasteiger partial charge on any atom is -0.452 e. The summed E-state index contributed by atoms with van der Waals surface area (Å²) in [5.74, 6) is -1.82. The molecule has 0 aromatic heterocycles. The van der Waals surface area contributed by atoms with Crippen LogP contribution in [0.2, 0.25) is 0 Å². The Hall–Kier alpha value is -3.17. The summed E-state index contributed by atoms with van der Waals surface area (Å²) in [4.78, 5) is 48.5. The van der Waals surface area contributed by atoms with Crippen molar-refractivity contribution in [2.24, 2.45) is 0 Å². The molecule has 1 fully saturated rings. The highest BCUT2D eigenvalue weighted by molar-refractivity contribution is 5.98. The van der Waals surface area contributed by atoms with Gasteiger partial charge in [-0.3, -0.25) is 19.7 Å². The fraction of sp³-hybridized carbons (Fsp3) is 0.500. The number of amides is 2. The van der Waals surface area contributed by atoms with Crippen molar-refractivity contribution >= 4 is 29.2 Å². The molecule has 1 aliphatic rings. The zero-order chi connectivity index (χ0) is 20.7. The van der Waals surface area contributed by atoms with E-state index in [-0.39, 0.29) is 17.2 Å². The molecule has 2 rings (SSSR count). The van der Waals surface area contributed by atoms with Gasteiger partial charge in [-0.25, -0.2) is 4.79 Å². The number of nitro benzene ring substituents is 1. The van der Waals surface area contributed by atoms with Crippen LogP contribution >= 0.6 is 0 Å². The van der Waals surface area contributed by atoms with Crippen LogP contribution in [0, 0.1) is 10.1 Å². The number of ether oxygens (including phenoxy) is 1. The molecule has 10 nitrogen and oxygen atoms in total. The van der Waals surface area contributed by atoms with E-state index in [9.17, 15) is 24.5 Å². The van der Waals surface area contributed by atoms with Gasteiger partial charge in [0.05, 0.1) is 16.2 Å². The van der Waals surface area contributed by atoms with E-state index in [0.29, 0.717) is 12.2 Å². The highest BCUT2D eigenvalue weighted by atomic mass is 16.6. The van der Waals surface area contributed by atoms with Gasteiger partial charge in [0, 0.05) is 31.8 Å². The molecule has 1 aliphatic heterocycles. The number of carbonyl (C=O) groups excluding carboxylic acids is 3. The molecule has 28 heavy (non-hydrogen) atoms. The molecule has 1 heterocycles. The molecule has 2 N–H and O–H groups in total. The van der Waals surface area contributed by atoms with Gasteiger partial charge in [0.15, 0.2) is 6.61 Å². The average molecular weight is 392 g/mol. The first-order valence-corrected chi connectivity index (χ1v) is 9.11. The quantitative estimate of drug-likeness (QED) is 0.383. The van der Waals surface area contributed by atoms with Gasteiger partial charge in [-0.05, 0) is 32.8 Å². The van der Waals surface area contributed by atoms with Crippen LogP contribution in [0.5, 0.6) is 0 Å². The molecule has 152 valence electrons. The average Bonchev–Trinajstić information content (AvgIpc) is 3.20. The van der Waals surface area contributed by atoms with Gasteiger partial charge in [0.2, 0.25) is 5.91 Å². The number of nitro groups is 1. The summed E-state index contributed by atoms with van der Waals surface area (Å²) in [6.07, 6.45) is 1.93. The first-order chi connectivity index (χ1) is 13.3. The van der Waals surface area contributed by atoms with E-state index >= 15 is 0 Å². The molecule has 1 aromatic carbocycles. The van der Waals surface area contributed by atoms with Gasteiger partial charge in [0.1, 0.15) is 6.04 Å². The minimum absolute atomic E-state index is 0.0423. The molecule has 0 aliphatic carbocycles. The number of benzene rings is 1. The largest absolute Gasteiger partial charge is 0.452 e. The van der Waals surface area contributed by atoms with E-state index in [4.69, 9.17) is 4.74 Å². The first-order valence-electron chi connectivity index (χ1n) is 9.11. The Labute approximate surface area is 162 Å². The van der Waals surface area contributed by atoms with Crippen molar-refractivity contribution in [3.63, 3.8) is 0 Å². The van der Waals surface area contributed by atoms with Crippen molar-refractivity contribution in [3.05, 3.63) is 33.9 Å². The third-order valence-corrected chi connectivity index (χ3v) is 4.31. The lowest BCUT2D eigenvalue weighted by molar-refractivity contribution is -0.384. The second-order valence-corrected chi connectivity index (χ2v) is 6.41. The number of nitrogens with one attached hydrogen (secondary N) is 2. The maximum absolute atomic E-state index is 12.5. The summed E-state index contributed by atoms with van der Waals surface area (Å²) in [5.41, 5.74) is 0.356. The third kappa shape index (κ3) is 5.41. The van der Waals surface area contributed by atoms with Crippen molar-refractivity contribution in [3.8, 4) is 0 Å². The Bertz CT molecular complexity index is 760.